The van der Waals surface area contributed by atoms with Crippen molar-refractivity contribution in [2.75, 3.05) is 14.1 Å². The van der Waals surface area contributed by atoms with E-state index in [0.717, 1.165) is 4.90 Å². The van der Waals surface area contributed by atoms with Crippen LogP contribution in [0.2, 0.25) is 0 Å². The van der Waals surface area contributed by atoms with E-state index in [1.807, 2.05) is 0 Å². The topological polar surface area (TPSA) is 118 Å². The first-order chi connectivity index (χ1) is 5.07. The van der Waals surface area contributed by atoms with Gasteiger partial charge in [-0.1, -0.05) is 0 Å². The van der Waals surface area contributed by atoms with Gasteiger partial charge in [0.1, 0.15) is 0 Å². The van der Waals surface area contributed by atoms with Gasteiger partial charge in [-0.2, -0.15) is 0 Å². The van der Waals surface area contributed by atoms with E-state index in [0.29, 0.717) is 0 Å². The zero-order valence-corrected chi connectivity index (χ0v) is 8.31. The molecule has 0 aliphatic heterocycles. The zero-order chi connectivity index (χ0) is 10.2. The van der Waals surface area contributed by atoms with Gasteiger partial charge in [0.2, 0.25) is 5.52 Å². The maximum absolute atomic E-state index is 10.6. The minimum absolute atomic E-state index is 0. The molecule has 0 amide bonds. The van der Waals surface area contributed by atoms with Gasteiger partial charge in [-0.3, -0.25) is 14.0 Å². The summed E-state index contributed by atoms with van der Waals surface area (Å²) in [5.74, 6) is 0. The summed E-state index contributed by atoms with van der Waals surface area (Å²) >= 11 is 0. The van der Waals surface area contributed by atoms with E-state index < -0.39 is 20.7 Å². The Morgan fingerprint density at radius 3 is 1.07 bits per heavy atom. The van der Waals surface area contributed by atoms with Gasteiger partial charge in [-0.15, -0.1) is 0 Å². The Balaban J connectivity index is -0.000000202. The van der Waals surface area contributed by atoms with Crippen LogP contribution in [0.1, 0.15) is 0 Å². The molecule has 0 aromatic heterocycles. The molecule has 0 saturated carbocycles. The molecule has 0 radical (unpaired) electrons. The maximum atomic E-state index is 10.6. The van der Waals surface area contributed by atoms with Gasteiger partial charge in [-0.05, 0) is 14.1 Å². The third-order valence-electron chi connectivity index (χ3n) is 1.06. The van der Waals surface area contributed by atoms with Crippen LogP contribution in [0.15, 0.2) is 0 Å². The predicted octanol–water partition coefficient (Wildman–Crippen LogP) is -2.76. The van der Waals surface area contributed by atoms with Crippen LogP contribution >= 0.6 is 15.2 Å². The molecule has 0 heterocycles. The summed E-state index contributed by atoms with van der Waals surface area (Å²) in [7, 11) is -7.21. The van der Waals surface area contributed by atoms with Crippen molar-refractivity contribution in [1.29, 1.82) is 0 Å². The van der Waals surface area contributed by atoms with Crippen molar-refractivity contribution < 1.29 is 28.7 Å². The molecule has 0 aliphatic rings. The first-order valence-electron chi connectivity index (χ1n) is 2.83. The van der Waals surface area contributed by atoms with Crippen LogP contribution in [0.5, 0.6) is 0 Å². The van der Waals surface area contributed by atoms with Crippen LogP contribution in [0.25, 0.3) is 0 Å². The van der Waals surface area contributed by atoms with Gasteiger partial charge >= 0.3 is 104 Å². The van der Waals surface area contributed by atoms with Crippen LogP contribution in [0, 0.1) is 0 Å². The van der Waals surface area contributed by atoms with Gasteiger partial charge in [0.05, 0.1) is 0 Å². The Hall–Kier alpha value is 3.26. The SMILES string of the molecule is CN(C)C(P(=O)(O)O)P(=O)(O)O.[NaH].[NaH].[NaH]. The number of hydrogen-bond acceptors (Lipinski definition) is 3. The Morgan fingerprint density at radius 1 is 0.867 bits per heavy atom. The molecule has 0 saturated heterocycles. The average molecular weight is 291 g/mol. The van der Waals surface area contributed by atoms with Gasteiger partial charge in [-0.25, -0.2) is 0 Å². The first-order valence-corrected chi connectivity index (χ1v) is 6.20. The Morgan fingerprint density at radius 2 is 1.07 bits per heavy atom. The molecule has 0 unspecified atom stereocenters. The van der Waals surface area contributed by atoms with Crippen molar-refractivity contribution in [3.8, 4) is 0 Å². The molecule has 7 nitrogen and oxygen atoms in total. The van der Waals surface area contributed by atoms with Crippen LogP contribution < -0.4 is 0 Å². The molecule has 0 bridgehead atoms. The molecule has 0 aromatic rings. The number of hydrogen-bond donors (Lipinski definition) is 4. The zero-order valence-electron chi connectivity index (χ0n) is 6.52. The van der Waals surface area contributed by atoms with E-state index in [1.54, 1.807) is 0 Å². The van der Waals surface area contributed by atoms with Crippen LogP contribution in [0.4, 0.5) is 0 Å². The van der Waals surface area contributed by atoms with Crippen molar-refractivity contribution in [3.05, 3.63) is 0 Å². The van der Waals surface area contributed by atoms with Gasteiger partial charge in [0.15, 0.2) is 0 Å². The Bertz CT molecular complexity index is 228. The first kappa shape index (κ1) is 26.8. The third-order valence-corrected chi connectivity index (χ3v) is 5.00. The van der Waals surface area contributed by atoms with E-state index in [9.17, 15) is 9.13 Å². The van der Waals surface area contributed by atoms with E-state index in [2.05, 4.69) is 0 Å². The molecule has 0 spiro atoms. The Kier molecular flexibility index (Phi) is 18.0. The molecule has 0 aliphatic carbocycles. The molecule has 0 fully saturated rings. The molecule has 0 aromatic carbocycles. The van der Waals surface area contributed by atoms with Crippen molar-refractivity contribution >= 4 is 104 Å². The van der Waals surface area contributed by atoms with Crippen LogP contribution in [-0.2, 0) is 9.13 Å². The summed E-state index contributed by atoms with van der Waals surface area (Å²) in [4.78, 5) is 35.0. The fourth-order valence-electron chi connectivity index (χ4n) is 0.798. The summed E-state index contributed by atoms with van der Waals surface area (Å²) in [5, 5.41) is 0. The molecular formula is C3H14NNa3O6P2. The third kappa shape index (κ3) is 10.8. The quantitative estimate of drug-likeness (QED) is 0.328. The van der Waals surface area contributed by atoms with E-state index >= 15 is 0 Å². The van der Waals surface area contributed by atoms with Gasteiger partial charge < -0.3 is 19.6 Å². The van der Waals surface area contributed by atoms with E-state index in [1.165, 1.54) is 14.1 Å². The fraction of sp³-hybridized carbons (Fsp3) is 1.00. The second-order valence-electron chi connectivity index (χ2n) is 2.49. The number of rotatable bonds is 3. The Labute approximate surface area is 155 Å². The summed E-state index contributed by atoms with van der Waals surface area (Å²) in [5.41, 5.74) is -2.05. The number of nitrogens with zero attached hydrogens (tertiary/aromatic N) is 1. The van der Waals surface area contributed by atoms with Crippen molar-refractivity contribution in [2.24, 2.45) is 0 Å². The van der Waals surface area contributed by atoms with E-state index in [-0.39, 0.29) is 88.7 Å². The molecular weight excluding hydrogens is 277 g/mol. The normalized spacial score (nSPS) is 11.5. The van der Waals surface area contributed by atoms with Gasteiger partial charge in [0, 0.05) is 0 Å². The molecule has 0 atom stereocenters. The van der Waals surface area contributed by atoms with Crippen LogP contribution in [0.3, 0.4) is 0 Å². The molecule has 80 valence electrons. The summed E-state index contributed by atoms with van der Waals surface area (Å²) < 4.78 is 21.2. The molecule has 12 heteroatoms. The molecule has 0 rings (SSSR count). The average Bonchev–Trinajstić information content (AvgIpc) is 1.49. The minimum atomic E-state index is -4.79. The molecule has 15 heavy (non-hydrogen) atoms. The predicted molar refractivity (Wildman–Crippen MR) is 63.0 cm³/mol. The van der Waals surface area contributed by atoms with Crippen molar-refractivity contribution in [3.63, 3.8) is 0 Å². The van der Waals surface area contributed by atoms with E-state index in [4.69, 9.17) is 19.6 Å². The summed E-state index contributed by atoms with van der Waals surface area (Å²) in [6, 6.07) is 0. The fourth-order valence-corrected chi connectivity index (χ4v) is 3.57. The van der Waals surface area contributed by atoms with Crippen molar-refractivity contribution in [2.45, 2.75) is 5.52 Å². The van der Waals surface area contributed by atoms with Gasteiger partial charge in [0.25, 0.3) is 0 Å². The second kappa shape index (κ2) is 10.1. The van der Waals surface area contributed by atoms with Crippen LogP contribution in [-0.4, -0.2) is 133 Å². The summed E-state index contributed by atoms with van der Waals surface area (Å²) in [6.45, 7) is 0. The summed E-state index contributed by atoms with van der Waals surface area (Å²) in [6.07, 6.45) is 0. The van der Waals surface area contributed by atoms with Crippen molar-refractivity contribution in [1.82, 2.24) is 4.90 Å². The standard InChI is InChI=1S/C3H11NO6P2.3Na.3H/c1-4(2)3(11(5,6)7)12(8,9)10;;;;;;/h3H,1-2H3,(H2,5,6,7)(H2,8,9,10);;;;;;. The second-order valence-corrected chi connectivity index (χ2v) is 6.23. The monoisotopic (exact) mass is 291 g/mol. The molecule has 4 N–H and O–H groups in total.